The maximum Gasteiger partial charge on any atom is 0.339 e. The molecule has 2 aromatic carbocycles. The maximum atomic E-state index is 11.2. The molecule has 0 atom stereocenters. The van der Waals surface area contributed by atoms with Gasteiger partial charge in [0, 0.05) is 0 Å². The van der Waals surface area contributed by atoms with Crippen molar-refractivity contribution in [3.8, 4) is 11.5 Å². The largest absolute Gasteiger partial charge is 0.478 e. The van der Waals surface area contributed by atoms with Crippen LogP contribution in [0.5, 0.6) is 11.5 Å². The van der Waals surface area contributed by atoms with Gasteiger partial charge in [-0.3, -0.25) is 0 Å². The van der Waals surface area contributed by atoms with E-state index in [2.05, 4.69) is 0 Å². The molecule has 0 spiro atoms. The normalized spacial score (nSPS) is 11.1. The molecule has 0 aliphatic heterocycles. The average Bonchev–Trinajstić information content (AvgIpc) is 2.38. The molecule has 0 unspecified atom stereocenters. The third-order valence-electron chi connectivity index (χ3n) is 2.48. The Morgan fingerprint density at radius 1 is 1.10 bits per heavy atom. The Hall–Kier alpha value is -2.38. The number of nitrogens with two attached hydrogens (primary N) is 1. The van der Waals surface area contributed by atoms with Crippen molar-refractivity contribution in [3.63, 3.8) is 0 Å². The van der Waals surface area contributed by atoms with Crippen LogP contribution in [0.15, 0.2) is 53.4 Å². The van der Waals surface area contributed by atoms with Gasteiger partial charge < -0.3 is 9.84 Å². The Bertz CT molecular complexity index is 741. The van der Waals surface area contributed by atoms with E-state index in [4.69, 9.17) is 15.0 Å². The first kappa shape index (κ1) is 14.0. The number of rotatable bonds is 4. The van der Waals surface area contributed by atoms with Crippen molar-refractivity contribution in [2.24, 2.45) is 5.14 Å². The van der Waals surface area contributed by atoms with Gasteiger partial charge in [-0.25, -0.2) is 18.4 Å². The Labute approximate surface area is 115 Å². The van der Waals surface area contributed by atoms with E-state index in [9.17, 15) is 13.2 Å². The van der Waals surface area contributed by atoms with Gasteiger partial charge in [-0.15, -0.1) is 0 Å². The van der Waals surface area contributed by atoms with Gasteiger partial charge in [-0.2, -0.15) is 0 Å². The van der Waals surface area contributed by atoms with E-state index in [0.717, 1.165) is 6.07 Å². The van der Waals surface area contributed by atoms with Gasteiger partial charge in [0.25, 0.3) is 0 Å². The molecule has 0 radical (unpaired) electrons. The van der Waals surface area contributed by atoms with E-state index in [1.165, 1.54) is 12.1 Å². The molecule has 20 heavy (non-hydrogen) atoms. The van der Waals surface area contributed by atoms with Gasteiger partial charge >= 0.3 is 5.97 Å². The molecule has 0 aliphatic rings. The summed E-state index contributed by atoms with van der Waals surface area (Å²) < 4.78 is 27.9. The van der Waals surface area contributed by atoms with Gasteiger partial charge in [0.1, 0.15) is 17.1 Å². The molecule has 2 rings (SSSR count). The topological polar surface area (TPSA) is 107 Å². The first-order chi connectivity index (χ1) is 9.38. The predicted molar refractivity (Wildman–Crippen MR) is 71.3 cm³/mol. The number of aromatic carboxylic acids is 1. The van der Waals surface area contributed by atoms with Crippen LogP contribution in [-0.2, 0) is 10.0 Å². The highest BCUT2D eigenvalue weighted by Gasteiger charge is 2.17. The Kier molecular flexibility index (Phi) is 3.73. The number of ether oxygens (including phenoxy) is 1. The van der Waals surface area contributed by atoms with Gasteiger partial charge in [0.05, 0.1) is 4.90 Å². The minimum absolute atomic E-state index is 0.0381. The third-order valence-corrected chi connectivity index (χ3v) is 3.39. The predicted octanol–water partition coefficient (Wildman–Crippen LogP) is 1.82. The number of carboxylic acid groups (broad SMARTS) is 1. The lowest BCUT2D eigenvalue weighted by molar-refractivity contribution is 0.0694. The second-order valence-electron chi connectivity index (χ2n) is 3.92. The zero-order chi connectivity index (χ0) is 14.8. The fourth-order valence-corrected chi connectivity index (χ4v) is 2.10. The highest BCUT2D eigenvalue weighted by molar-refractivity contribution is 7.89. The molecule has 0 amide bonds. The van der Waals surface area contributed by atoms with Crippen molar-refractivity contribution in [1.82, 2.24) is 0 Å². The van der Waals surface area contributed by atoms with Crippen molar-refractivity contribution in [2.45, 2.75) is 4.90 Å². The summed E-state index contributed by atoms with van der Waals surface area (Å²) in [5.74, 6) is -0.823. The summed E-state index contributed by atoms with van der Waals surface area (Å²) in [5.41, 5.74) is -0.277. The van der Waals surface area contributed by atoms with Gasteiger partial charge in [-0.1, -0.05) is 18.2 Å². The van der Waals surface area contributed by atoms with Crippen LogP contribution in [0, 0.1) is 0 Å². The van der Waals surface area contributed by atoms with Crippen molar-refractivity contribution in [1.29, 1.82) is 0 Å². The van der Waals surface area contributed by atoms with Crippen molar-refractivity contribution in [3.05, 3.63) is 54.1 Å². The van der Waals surface area contributed by atoms with Crippen LogP contribution in [0.2, 0.25) is 0 Å². The van der Waals surface area contributed by atoms with Crippen molar-refractivity contribution >= 4 is 16.0 Å². The maximum absolute atomic E-state index is 11.2. The molecule has 3 N–H and O–H groups in total. The lowest BCUT2D eigenvalue weighted by Gasteiger charge is -2.09. The molecule has 0 fully saturated rings. The third kappa shape index (κ3) is 3.14. The highest BCUT2D eigenvalue weighted by atomic mass is 32.2. The zero-order valence-corrected chi connectivity index (χ0v) is 11.0. The van der Waals surface area contributed by atoms with E-state index in [-0.39, 0.29) is 16.2 Å². The molecular weight excluding hydrogens is 282 g/mol. The molecule has 0 heterocycles. The Morgan fingerprint density at radius 3 is 2.30 bits per heavy atom. The number of benzene rings is 2. The minimum atomic E-state index is -3.97. The van der Waals surface area contributed by atoms with Crippen LogP contribution in [0.25, 0.3) is 0 Å². The number of carbonyl (C=O) groups is 1. The number of para-hydroxylation sites is 1. The van der Waals surface area contributed by atoms with Gasteiger partial charge in [0.15, 0.2) is 0 Å². The molecule has 0 bridgehead atoms. The lowest BCUT2D eigenvalue weighted by Crippen LogP contribution is -2.13. The van der Waals surface area contributed by atoms with Crippen molar-refractivity contribution in [2.75, 3.05) is 0 Å². The first-order valence-corrected chi connectivity index (χ1v) is 7.05. The molecule has 0 saturated carbocycles. The second kappa shape index (κ2) is 5.32. The van der Waals surface area contributed by atoms with Crippen LogP contribution in [0.3, 0.4) is 0 Å². The molecule has 104 valence electrons. The number of primary sulfonamides is 1. The van der Waals surface area contributed by atoms with E-state index in [1.807, 2.05) is 0 Å². The van der Waals surface area contributed by atoms with Crippen LogP contribution in [-0.4, -0.2) is 19.5 Å². The van der Waals surface area contributed by atoms with Crippen molar-refractivity contribution < 1.29 is 23.1 Å². The summed E-state index contributed by atoms with van der Waals surface area (Å²) in [6.45, 7) is 0. The van der Waals surface area contributed by atoms with Crippen LogP contribution in [0.4, 0.5) is 0 Å². The summed E-state index contributed by atoms with van der Waals surface area (Å²) in [5, 5.41) is 14.1. The van der Waals surface area contributed by atoms with Crippen LogP contribution < -0.4 is 9.88 Å². The Morgan fingerprint density at radius 2 is 1.75 bits per heavy atom. The van der Waals surface area contributed by atoms with E-state index in [1.54, 1.807) is 30.3 Å². The molecule has 6 nitrogen and oxygen atoms in total. The first-order valence-electron chi connectivity index (χ1n) is 5.51. The summed E-state index contributed by atoms with van der Waals surface area (Å²) in [6.07, 6.45) is 0. The summed E-state index contributed by atoms with van der Waals surface area (Å²) in [6, 6.07) is 12.0. The molecule has 2 aromatic rings. The SMILES string of the molecule is NS(=O)(=O)c1ccc(Oc2ccccc2)c(C(=O)O)c1. The van der Waals surface area contributed by atoms with Crippen LogP contribution >= 0.6 is 0 Å². The number of sulfonamides is 1. The summed E-state index contributed by atoms with van der Waals surface area (Å²) >= 11 is 0. The summed E-state index contributed by atoms with van der Waals surface area (Å²) in [7, 11) is -3.97. The minimum Gasteiger partial charge on any atom is -0.478 e. The van der Waals surface area contributed by atoms with Gasteiger partial charge in [-0.05, 0) is 30.3 Å². The molecule has 0 aliphatic carbocycles. The van der Waals surface area contributed by atoms with E-state index >= 15 is 0 Å². The molecule has 7 heteroatoms. The fraction of sp³-hybridized carbons (Fsp3) is 0. The average molecular weight is 293 g/mol. The fourth-order valence-electron chi connectivity index (χ4n) is 1.56. The van der Waals surface area contributed by atoms with Crippen LogP contribution in [0.1, 0.15) is 10.4 Å². The monoisotopic (exact) mass is 293 g/mol. The number of carboxylic acids is 1. The standard InChI is InChI=1S/C13H11NO5S/c14-20(17,18)10-6-7-12(11(8-10)13(15)16)19-9-4-2-1-3-5-9/h1-8H,(H,15,16)(H2,14,17,18). The molecular formula is C13H11NO5S. The molecule has 0 saturated heterocycles. The van der Waals surface area contributed by atoms with Gasteiger partial charge in [0.2, 0.25) is 10.0 Å². The van der Waals surface area contributed by atoms with E-state index in [0.29, 0.717) is 5.75 Å². The smallest absolute Gasteiger partial charge is 0.339 e. The number of hydrogen-bond donors (Lipinski definition) is 2. The lowest BCUT2D eigenvalue weighted by atomic mass is 10.2. The number of hydrogen-bond acceptors (Lipinski definition) is 4. The quantitative estimate of drug-likeness (QED) is 0.894. The Balaban J connectivity index is 2.46. The zero-order valence-electron chi connectivity index (χ0n) is 10.2. The second-order valence-corrected chi connectivity index (χ2v) is 5.48. The van der Waals surface area contributed by atoms with E-state index < -0.39 is 16.0 Å². The summed E-state index contributed by atoms with van der Waals surface area (Å²) in [4.78, 5) is 10.9. The molecule has 0 aromatic heterocycles. The highest BCUT2D eigenvalue weighted by Crippen LogP contribution is 2.27.